The Hall–Kier alpha value is -5.05. The topological polar surface area (TPSA) is 98.1 Å². The third-order valence-electron chi connectivity index (χ3n) is 6.22. The maximum Gasteiger partial charge on any atom is 0.246 e. The highest BCUT2D eigenvalue weighted by Crippen LogP contribution is 2.30. The van der Waals surface area contributed by atoms with E-state index in [1.165, 1.54) is 6.33 Å². The minimum Gasteiger partial charge on any atom is -0.457 e. The van der Waals surface area contributed by atoms with Crippen molar-refractivity contribution >= 4 is 45.6 Å². The van der Waals surface area contributed by atoms with Crippen LogP contribution in [0.4, 0.5) is 11.5 Å². The second kappa shape index (κ2) is 11.1. The summed E-state index contributed by atoms with van der Waals surface area (Å²) >= 11 is 0. The van der Waals surface area contributed by atoms with Crippen LogP contribution in [-0.2, 0) is 11.8 Å². The molecule has 196 valence electrons. The van der Waals surface area contributed by atoms with Crippen LogP contribution in [0.1, 0.15) is 18.2 Å². The van der Waals surface area contributed by atoms with Crippen LogP contribution in [0.15, 0.2) is 79.4 Å². The van der Waals surface area contributed by atoms with Crippen LogP contribution in [0.5, 0.6) is 11.5 Å². The molecular weight excluding hydrogens is 490 g/mol. The molecule has 0 saturated heterocycles. The summed E-state index contributed by atoms with van der Waals surface area (Å²) in [4.78, 5) is 31.5. The number of ether oxygens (including phenoxy) is 1. The molecule has 0 radical (unpaired) electrons. The Kier molecular flexibility index (Phi) is 7.31. The first-order valence-electron chi connectivity index (χ1n) is 12.5. The Labute approximate surface area is 226 Å². The number of aryl methyl sites for hydroxylation is 2. The number of pyridine rings is 1. The molecule has 5 rings (SSSR count). The van der Waals surface area contributed by atoms with Crippen molar-refractivity contribution in [1.82, 2.24) is 29.4 Å². The third-order valence-corrected chi connectivity index (χ3v) is 6.22. The largest absolute Gasteiger partial charge is 0.457 e. The van der Waals surface area contributed by atoms with Crippen LogP contribution in [0.2, 0.25) is 0 Å². The number of likely N-dealkylation sites (N-methyl/N-ethyl adjacent to an activating group) is 1. The van der Waals surface area contributed by atoms with E-state index in [0.717, 1.165) is 45.0 Å². The fourth-order valence-corrected chi connectivity index (χ4v) is 4.12. The number of aromatic nitrogens is 5. The van der Waals surface area contributed by atoms with Gasteiger partial charge >= 0.3 is 0 Å². The zero-order valence-electron chi connectivity index (χ0n) is 22.3. The van der Waals surface area contributed by atoms with Gasteiger partial charge in [0.15, 0.2) is 5.82 Å². The van der Waals surface area contributed by atoms with E-state index in [4.69, 9.17) is 9.72 Å². The SMILES string of the molecule is CC=CC(=O)N(C)C/C=C/c1ccc2ncnc(Nc3ccc(Oc4ccc5c(c4)ncn5C)c(C)c3)c2n1. The van der Waals surface area contributed by atoms with Crippen LogP contribution in [-0.4, -0.2) is 48.9 Å². The molecule has 3 heterocycles. The molecule has 0 atom stereocenters. The molecule has 0 bridgehead atoms. The molecule has 0 aliphatic carbocycles. The summed E-state index contributed by atoms with van der Waals surface area (Å²) in [6.07, 6.45) is 10.4. The molecule has 9 nitrogen and oxygen atoms in total. The molecule has 0 aliphatic rings. The van der Waals surface area contributed by atoms with E-state index in [0.29, 0.717) is 17.9 Å². The third kappa shape index (κ3) is 5.77. The fourth-order valence-electron chi connectivity index (χ4n) is 4.12. The van der Waals surface area contributed by atoms with Crippen molar-refractivity contribution < 1.29 is 9.53 Å². The lowest BCUT2D eigenvalue weighted by Gasteiger charge is -2.13. The van der Waals surface area contributed by atoms with Gasteiger partial charge in [0.2, 0.25) is 5.91 Å². The van der Waals surface area contributed by atoms with Crippen molar-refractivity contribution in [3.05, 3.63) is 90.7 Å². The van der Waals surface area contributed by atoms with Gasteiger partial charge in [-0.25, -0.2) is 19.9 Å². The number of anilines is 2. The summed E-state index contributed by atoms with van der Waals surface area (Å²) in [6.45, 7) is 4.29. The minimum absolute atomic E-state index is 0.0468. The van der Waals surface area contributed by atoms with Gasteiger partial charge < -0.3 is 19.5 Å². The Morgan fingerprint density at radius 1 is 1.08 bits per heavy atom. The number of nitrogens with one attached hydrogen (secondary N) is 1. The number of nitrogens with zero attached hydrogens (tertiary/aromatic N) is 6. The molecule has 0 unspecified atom stereocenters. The van der Waals surface area contributed by atoms with Crippen LogP contribution in [0, 0.1) is 6.92 Å². The lowest BCUT2D eigenvalue weighted by molar-refractivity contribution is -0.124. The highest BCUT2D eigenvalue weighted by atomic mass is 16.5. The van der Waals surface area contributed by atoms with Crippen molar-refractivity contribution in [3.8, 4) is 11.5 Å². The average Bonchev–Trinajstić information content (AvgIpc) is 3.30. The number of rotatable bonds is 8. The number of carbonyl (C=O) groups is 1. The molecule has 3 aromatic heterocycles. The zero-order chi connectivity index (χ0) is 27.4. The summed E-state index contributed by atoms with van der Waals surface area (Å²) < 4.78 is 8.12. The molecule has 1 N–H and O–H groups in total. The van der Waals surface area contributed by atoms with Crippen molar-refractivity contribution in [2.75, 3.05) is 18.9 Å². The molecule has 2 aromatic carbocycles. The Balaban J connectivity index is 1.32. The molecule has 0 fully saturated rings. The van der Waals surface area contributed by atoms with E-state index < -0.39 is 0 Å². The van der Waals surface area contributed by atoms with E-state index in [1.807, 2.05) is 86.1 Å². The van der Waals surface area contributed by atoms with Gasteiger partial charge in [-0.05, 0) is 74.0 Å². The number of imidazole rings is 1. The van der Waals surface area contributed by atoms with Gasteiger partial charge in [-0.3, -0.25) is 4.79 Å². The number of hydrogen-bond acceptors (Lipinski definition) is 7. The number of hydrogen-bond donors (Lipinski definition) is 1. The van der Waals surface area contributed by atoms with Gasteiger partial charge in [0.05, 0.1) is 28.6 Å². The van der Waals surface area contributed by atoms with Crippen LogP contribution < -0.4 is 10.1 Å². The number of amides is 1. The summed E-state index contributed by atoms with van der Waals surface area (Å²) in [5, 5.41) is 3.37. The van der Waals surface area contributed by atoms with Gasteiger partial charge in [-0.15, -0.1) is 0 Å². The van der Waals surface area contributed by atoms with Crippen LogP contribution >= 0.6 is 0 Å². The molecule has 0 aliphatic heterocycles. The van der Waals surface area contributed by atoms with Crippen LogP contribution in [0.3, 0.4) is 0 Å². The maximum absolute atomic E-state index is 11.9. The standard InChI is InChI=1S/C30H29N7O2/c1-5-7-28(38)36(3)15-6-8-21-9-12-24-29(34-21)30(32-18-31-24)35-22-10-14-27(20(2)16-22)39-23-11-13-26-25(17-23)33-19-37(26)4/h5-14,16-19H,15H2,1-4H3,(H,31,32,35)/b7-5?,8-6+. The van der Waals surface area contributed by atoms with Crippen molar-refractivity contribution in [3.63, 3.8) is 0 Å². The highest BCUT2D eigenvalue weighted by molar-refractivity contribution is 5.88. The van der Waals surface area contributed by atoms with Gasteiger partial charge in [0, 0.05) is 32.4 Å². The van der Waals surface area contributed by atoms with E-state index in [9.17, 15) is 4.79 Å². The Morgan fingerprint density at radius 3 is 2.77 bits per heavy atom. The first-order valence-corrected chi connectivity index (χ1v) is 12.5. The second-order valence-electron chi connectivity index (χ2n) is 9.16. The summed E-state index contributed by atoms with van der Waals surface area (Å²) in [5.41, 5.74) is 5.88. The average molecular weight is 520 g/mol. The lowest BCUT2D eigenvalue weighted by Crippen LogP contribution is -2.24. The van der Waals surface area contributed by atoms with E-state index in [1.54, 1.807) is 30.4 Å². The monoisotopic (exact) mass is 519 g/mol. The molecule has 9 heteroatoms. The normalized spacial score (nSPS) is 11.6. The predicted octanol–water partition coefficient (Wildman–Crippen LogP) is 5.80. The summed E-state index contributed by atoms with van der Waals surface area (Å²) in [7, 11) is 3.73. The number of carbonyl (C=O) groups excluding carboxylic acids is 1. The number of benzene rings is 2. The van der Waals surface area contributed by atoms with E-state index in [-0.39, 0.29) is 5.91 Å². The minimum atomic E-state index is -0.0468. The Morgan fingerprint density at radius 2 is 1.95 bits per heavy atom. The second-order valence-corrected chi connectivity index (χ2v) is 9.16. The first kappa shape index (κ1) is 25.6. The molecule has 0 spiro atoms. The summed E-state index contributed by atoms with van der Waals surface area (Å²) in [6, 6.07) is 15.5. The molecule has 0 saturated carbocycles. The van der Waals surface area contributed by atoms with Crippen molar-refractivity contribution in [2.45, 2.75) is 13.8 Å². The van der Waals surface area contributed by atoms with Crippen LogP contribution in [0.25, 0.3) is 28.1 Å². The summed E-state index contributed by atoms with van der Waals surface area (Å²) in [5.74, 6) is 2.04. The first-order chi connectivity index (χ1) is 18.9. The predicted molar refractivity (Wildman–Crippen MR) is 154 cm³/mol. The Bertz CT molecular complexity index is 1720. The van der Waals surface area contributed by atoms with Gasteiger partial charge in [-0.1, -0.05) is 12.2 Å². The molecular formula is C30H29N7O2. The highest BCUT2D eigenvalue weighted by Gasteiger charge is 2.10. The van der Waals surface area contributed by atoms with Gasteiger partial charge in [0.25, 0.3) is 0 Å². The van der Waals surface area contributed by atoms with Crippen molar-refractivity contribution in [1.29, 1.82) is 0 Å². The molecule has 39 heavy (non-hydrogen) atoms. The number of allylic oxidation sites excluding steroid dienone is 1. The number of fused-ring (bicyclic) bond motifs is 2. The fraction of sp³-hybridized carbons (Fsp3) is 0.167. The molecule has 1 amide bonds. The van der Waals surface area contributed by atoms with Crippen molar-refractivity contribution in [2.24, 2.45) is 7.05 Å². The zero-order valence-corrected chi connectivity index (χ0v) is 22.3. The molecule has 5 aromatic rings. The quantitative estimate of drug-likeness (QED) is 0.259. The smallest absolute Gasteiger partial charge is 0.246 e. The van der Waals surface area contributed by atoms with E-state index in [2.05, 4.69) is 20.3 Å². The lowest BCUT2D eigenvalue weighted by atomic mass is 10.2. The van der Waals surface area contributed by atoms with E-state index >= 15 is 0 Å². The van der Waals surface area contributed by atoms with Gasteiger partial charge in [0.1, 0.15) is 23.3 Å². The van der Waals surface area contributed by atoms with Gasteiger partial charge in [-0.2, -0.15) is 0 Å². The maximum atomic E-state index is 11.9.